The molecule has 3 N–H and O–H groups in total. The summed E-state index contributed by atoms with van der Waals surface area (Å²) in [6.07, 6.45) is 8.68. The molecule has 0 bridgehead atoms. The lowest BCUT2D eigenvalue weighted by Crippen LogP contribution is -2.43. The average Bonchev–Trinajstić information content (AvgIpc) is 3.08. The van der Waals surface area contributed by atoms with Crippen molar-refractivity contribution in [3.05, 3.63) is 37.0 Å². The third-order valence-electron chi connectivity index (χ3n) is 4.46. The van der Waals surface area contributed by atoms with Crippen molar-refractivity contribution in [3.8, 4) is 0 Å². The molecule has 0 aromatic heterocycles. The van der Waals surface area contributed by atoms with E-state index in [9.17, 15) is 4.79 Å². The molecule has 0 aliphatic carbocycles. The van der Waals surface area contributed by atoms with Gasteiger partial charge in [0.2, 0.25) is 5.91 Å². The third-order valence-corrected chi connectivity index (χ3v) is 4.46. The predicted molar refractivity (Wildman–Crippen MR) is 98.7 cm³/mol. The summed E-state index contributed by atoms with van der Waals surface area (Å²) in [6.45, 7) is 14.5. The second-order valence-electron chi connectivity index (χ2n) is 6.25. The molecule has 5 heteroatoms. The molecular weight excluding hydrogens is 304 g/mol. The highest BCUT2D eigenvalue weighted by Crippen LogP contribution is 2.22. The van der Waals surface area contributed by atoms with Gasteiger partial charge in [0.25, 0.3) is 6.47 Å². The van der Waals surface area contributed by atoms with Gasteiger partial charge in [-0.25, -0.2) is 0 Å². The molecule has 0 saturated carbocycles. The Hall–Kier alpha value is -1.88. The van der Waals surface area contributed by atoms with E-state index in [2.05, 4.69) is 30.7 Å². The van der Waals surface area contributed by atoms with Crippen molar-refractivity contribution in [2.75, 3.05) is 6.54 Å². The van der Waals surface area contributed by atoms with Crippen LogP contribution in [0, 0.1) is 11.8 Å². The van der Waals surface area contributed by atoms with Crippen LogP contribution < -0.4 is 10.6 Å². The van der Waals surface area contributed by atoms with E-state index in [0.29, 0.717) is 12.0 Å². The molecule has 1 rings (SSSR count). The van der Waals surface area contributed by atoms with Gasteiger partial charge in [-0.1, -0.05) is 45.2 Å². The van der Waals surface area contributed by atoms with Crippen LogP contribution in [-0.4, -0.2) is 36.1 Å². The van der Waals surface area contributed by atoms with Gasteiger partial charge < -0.3 is 15.7 Å². The van der Waals surface area contributed by atoms with E-state index in [1.54, 1.807) is 6.08 Å². The van der Waals surface area contributed by atoms with Crippen molar-refractivity contribution in [1.29, 1.82) is 0 Å². The van der Waals surface area contributed by atoms with Crippen LogP contribution in [-0.2, 0) is 9.59 Å². The molecular formula is C19H32N2O3. The summed E-state index contributed by atoms with van der Waals surface area (Å²) < 4.78 is 0. The Bertz CT molecular complexity index is 440. The topological polar surface area (TPSA) is 78.4 Å². The molecule has 0 aromatic carbocycles. The molecule has 1 saturated heterocycles. The summed E-state index contributed by atoms with van der Waals surface area (Å²) in [6, 6.07) is 0.582. The van der Waals surface area contributed by atoms with Crippen molar-refractivity contribution in [1.82, 2.24) is 10.6 Å². The first-order chi connectivity index (χ1) is 11.4. The van der Waals surface area contributed by atoms with Gasteiger partial charge in [0.15, 0.2) is 0 Å². The minimum Gasteiger partial charge on any atom is -0.483 e. The number of allylic oxidation sites excluding steroid dienone is 3. The van der Waals surface area contributed by atoms with Crippen molar-refractivity contribution < 1.29 is 14.7 Å². The van der Waals surface area contributed by atoms with E-state index in [1.807, 2.05) is 26.0 Å². The van der Waals surface area contributed by atoms with Crippen LogP contribution in [0.3, 0.4) is 0 Å². The zero-order valence-electron chi connectivity index (χ0n) is 15.1. The van der Waals surface area contributed by atoms with Gasteiger partial charge in [-0.2, -0.15) is 0 Å². The number of nitrogens with one attached hydrogen (secondary N) is 2. The molecule has 1 amide bonds. The Kier molecular flexibility index (Phi) is 11.5. The fourth-order valence-electron chi connectivity index (χ4n) is 2.90. The molecule has 4 atom stereocenters. The molecule has 0 spiro atoms. The number of hydrogen-bond donors (Lipinski definition) is 3. The van der Waals surface area contributed by atoms with Crippen LogP contribution in [0.2, 0.25) is 0 Å². The second-order valence-corrected chi connectivity index (χ2v) is 6.25. The fraction of sp³-hybridized carbons (Fsp3) is 0.579. The Labute approximate surface area is 145 Å². The molecule has 136 valence electrons. The van der Waals surface area contributed by atoms with Crippen molar-refractivity contribution in [2.45, 2.75) is 52.1 Å². The quantitative estimate of drug-likeness (QED) is 0.470. The number of amides is 1. The van der Waals surface area contributed by atoms with Crippen molar-refractivity contribution >= 4 is 12.4 Å². The van der Waals surface area contributed by atoms with E-state index in [-0.39, 0.29) is 24.3 Å². The van der Waals surface area contributed by atoms with E-state index >= 15 is 0 Å². The summed E-state index contributed by atoms with van der Waals surface area (Å²) in [5, 5.41) is 13.5. The molecule has 1 aliphatic heterocycles. The molecule has 24 heavy (non-hydrogen) atoms. The number of rotatable bonds is 8. The SMILES string of the molecule is C=C/C=C(\C=C)CC(C)NC(=O)C(C)C(C)C1CCCN1.O=CO. The van der Waals surface area contributed by atoms with E-state index in [4.69, 9.17) is 9.90 Å². The van der Waals surface area contributed by atoms with Crippen molar-refractivity contribution in [3.63, 3.8) is 0 Å². The van der Waals surface area contributed by atoms with E-state index in [0.717, 1.165) is 18.5 Å². The Morgan fingerprint density at radius 3 is 2.46 bits per heavy atom. The third kappa shape index (κ3) is 8.11. The highest BCUT2D eigenvalue weighted by Gasteiger charge is 2.29. The highest BCUT2D eigenvalue weighted by atomic mass is 16.3. The number of carbonyl (C=O) groups is 2. The lowest BCUT2D eigenvalue weighted by atomic mass is 9.87. The maximum atomic E-state index is 12.4. The van der Waals surface area contributed by atoms with Gasteiger partial charge in [-0.3, -0.25) is 9.59 Å². The lowest BCUT2D eigenvalue weighted by molar-refractivity contribution is -0.127. The zero-order valence-corrected chi connectivity index (χ0v) is 15.1. The normalized spacial score (nSPS) is 20.8. The summed E-state index contributed by atoms with van der Waals surface area (Å²) in [5.74, 6) is 0.534. The van der Waals surface area contributed by atoms with Gasteiger partial charge in [-0.05, 0) is 44.2 Å². The zero-order chi connectivity index (χ0) is 18.5. The molecule has 5 nitrogen and oxygen atoms in total. The number of carbonyl (C=O) groups excluding carboxylic acids is 1. The van der Waals surface area contributed by atoms with Gasteiger partial charge in [0.1, 0.15) is 0 Å². The summed E-state index contributed by atoms with van der Waals surface area (Å²) in [7, 11) is 0. The molecule has 0 radical (unpaired) electrons. The molecule has 0 aromatic rings. The fourth-order valence-corrected chi connectivity index (χ4v) is 2.90. The van der Waals surface area contributed by atoms with Gasteiger partial charge in [0.05, 0.1) is 0 Å². The standard InChI is InChI=1S/C18H30N2O.CH2O2/c1-6-9-16(7-2)12-13(3)20-18(21)15(5)14(4)17-10-8-11-19-17;2-1-3/h6-7,9,13-15,17,19H,1-2,8,10-12H2,3-5H3,(H,20,21);1H,(H,2,3)/b16-9+;. The van der Waals surface area contributed by atoms with Crippen LogP contribution in [0.25, 0.3) is 0 Å². The van der Waals surface area contributed by atoms with Gasteiger partial charge in [-0.15, -0.1) is 0 Å². The minimum absolute atomic E-state index is 0.0265. The number of carboxylic acid groups (broad SMARTS) is 1. The Morgan fingerprint density at radius 2 is 2.00 bits per heavy atom. The maximum absolute atomic E-state index is 12.4. The molecule has 1 aliphatic rings. The average molecular weight is 336 g/mol. The van der Waals surface area contributed by atoms with Crippen LogP contribution in [0.15, 0.2) is 37.0 Å². The van der Waals surface area contributed by atoms with Crippen molar-refractivity contribution in [2.24, 2.45) is 11.8 Å². The van der Waals surface area contributed by atoms with E-state index < -0.39 is 0 Å². The largest absolute Gasteiger partial charge is 0.483 e. The lowest BCUT2D eigenvalue weighted by Gasteiger charge is -2.26. The van der Waals surface area contributed by atoms with Crippen LogP contribution >= 0.6 is 0 Å². The minimum atomic E-state index is -0.250. The number of hydrogen-bond acceptors (Lipinski definition) is 3. The summed E-state index contributed by atoms with van der Waals surface area (Å²) in [4.78, 5) is 20.7. The van der Waals surface area contributed by atoms with Gasteiger partial charge in [0, 0.05) is 18.0 Å². The second kappa shape index (κ2) is 12.5. The first-order valence-corrected chi connectivity index (χ1v) is 8.46. The molecule has 4 unspecified atom stereocenters. The maximum Gasteiger partial charge on any atom is 0.290 e. The summed E-state index contributed by atoms with van der Waals surface area (Å²) >= 11 is 0. The van der Waals surface area contributed by atoms with Crippen LogP contribution in [0.1, 0.15) is 40.0 Å². The van der Waals surface area contributed by atoms with Crippen LogP contribution in [0.5, 0.6) is 0 Å². The molecule has 1 heterocycles. The first-order valence-electron chi connectivity index (χ1n) is 8.46. The predicted octanol–water partition coefficient (Wildman–Crippen LogP) is 2.90. The summed E-state index contributed by atoms with van der Waals surface area (Å²) in [5.41, 5.74) is 1.09. The Balaban J connectivity index is 0.00000163. The first kappa shape index (κ1) is 22.1. The Morgan fingerprint density at radius 1 is 1.38 bits per heavy atom. The molecule has 1 fully saturated rings. The van der Waals surface area contributed by atoms with Crippen LogP contribution in [0.4, 0.5) is 0 Å². The van der Waals surface area contributed by atoms with Gasteiger partial charge >= 0.3 is 0 Å². The smallest absolute Gasteiger partial charge is 0.290 e. The van der Waals surface area contributed by atoms with E-state index in [1.165, 1.54) is 12.8 Å². The highest BCUT2D eigenvalue weighted by molar-refractivity contribution is 5.79. The monoisotopic (exact) mass is 336 g/mol.